The Balaban J connectivity index is 1.79. The van der Waals surface area contributed by atoms with Crippen LogP contribution in [0, 0.1) is 5.82 Å². The van der Waals surface area contributed by atoms with Crippen molar-refractivity contribution >= 4 is 16.0 Å². The Bertz CT molecular complexity index is 782. The number of guanidine groups is 1. The lowest BCUT2D eigenvalue weighted by Crippen LogP contribution is -2.43. The summed E-state index contributed by atoms with van der Waals surface area (Å²) in [7, 11) is 1.41. The molecule has 1 unspecified atom stereocenters. The summed E-state index contributed by atoms with van der Waals surface area (Å²) in [6.45, 7) is 1.61. The summed E-state index contributed by atoms with van der Waals surface area (Å²) in [5.74, 6) is 0.201. The van der Waals surface area contributed by atoms with E-state index in [4.69, 9.17) is 9.47 Å². The van der Waals surface area contributed by atoms with E-state index in [1.807, 2.05) is 0 Å². The number of hydrogen-bond donors (Lipinski definition) is 2. The Kier molecular flexibility index (Phi) is 9.12. The third kappa shape index (κ3) is 7.79. The summed E-state index contributed by atoms with van der Waals surface area (Å²) in [6, 6.07) is 4.75. The largest absolute Gasteiger partial charge is 0.494 e. The molecule has 1 aromatic carbocycles. The number of methoxy groups -OCH3 is 1. The van der Waals surface area contributed by atoms with Gasteiger partial charge in [-0.05, 0) is 37.0 Å². The number of rotatable bonds is 9. The van der Waals surface area contributed by atoms with Gasteiger partial charge < -0.3 is 19.7 Å². The van der Waals surface area contributed by atoms with Crippen LogP contribution in [-0.4, -0.2) is 72.0 Å². The van der Waals surface area contributed by atoms with Crippen LogP contribution in [0.3, 0.4) is 0 Å². The molecule has 1 aliphatic heterocycles. The molecule has 1 atom stereocenters. The average Bonchev–Trinajstić information content (AvgIpc) is 2.70. The Morgan fingerprint density at radius 3 is 2.83 bits per heavy atom. The number of nitrogens with one attached hydrogen (secondary N) is 2. The first-order valence-corrected chi connectivity index (χ1v) is 11.3. The molecule has 29 heavy (non-hydrogen) atoms. The Morgan fingerprint density at radius 2 is 2.21 bits per heavy atom. The van der Waals surface area contributed by atoms with Crippen molar-refractivity contribution in [1.29, 1.82) is 0 Å². The Hall–Kier alpha value is -1.91. The van der Waals surface area contributed by atoms with Gasteiger partial charge in [0.2, 0.25) is 10.0 Å². The van der Waals surface area contributed by atoms with Crippen molar-refractivity contribution in [3.05, 3.63) is 29.6 Å². The zero-order valence-electron chi connectivity index (χ0n) is 17.3. The first-order chi connectivity index (χ1) is 13.8. The molecule has 2 N–H and O–H groups in total. The minimum atomic E-state index is -3.41. The van der Waals surface area contributed by atoms with Crippen molar-refractivity contribution in [3.8, 4) is 5.75 Å². The standard InChI is InChI=1S/C19H31FN4O4S/c1-21-19(24(2)14-15-7-8-18(27-3)17(20)12-15)22-9-11-29(25,26)23-13-16-6-4-5-10-28-16/h7-8,12,16,23H,4-6,9-11,13-14H2,1-3H3,(H,21,22). The van der Waals surface area contributed by atoms with Gasteiger partial charge in [-0.25, -0.2) is 17.5 Å². The molecule has 1 fully saturated rings. The molecule has 8 nitrogen and oxygen atoms in total. The molecule has 0 aliphatic carbocycles. The number of sulfonamides is 1. The van der Waals surface area contributed by atoms with Gasteiger partial charge >= 0.3 is 0 Å². The van der Waals surface area contributed by atoms with Crippen LogP contribution in [0.4, 0.5) is 4.39 Å². The van der Waals surface area contributed by atoms with Gasteiger partial charge in [0.05, 0.1) is 19.0 Å². The molecule has 0 radical (unpaired) electrons. The quantitative estimate of drug-likeness (QED) is 0.454. The SMILES string of the molecule is CN=C(NCCS(=O)(=O)NCC1CCCCO1)N(C)Cc1ccc(OC)c(F)c1. The summed E-state index contributed by atoms with van der Waals surface area (Å²) in [5, 5.41) is 3.03. The average molecular weight is 431 g/mol. The van der Waals surface area contributed by atoms with Crippen molar-refractivity contribution in [2.45, 2.75) is 31.9 Å². The number of benzene rings is 1. The van der Waals surface area contributed by atoms with Gasteiger partial charge in [-0.15, -0.1) is 0 Å². The molecule has 1 aliphatic rings. The van der Waals surface area contributed by atoms with Crippen LogP contribution in [0.1, 0.15) is 24.8 Å². The summed E-state index contributed by atoms with van der Waals surface area (Å²) in [6.07, 6.45) is 2.93. The lowest BCUT2D eigenvalue weighted by atomic mass is 10.1. The third-order valence-corrected chi connectivity index (χ3v) is 6.02. The fraction of sp³-hybridized carbons (Fsp3) is 0.632. The topological polar surface area (TPSA) is 92.3 Å². The van der Waals surface area contributed by atoms with Gasteiger partial charge in [0.15, 0.2) is 17.5 Å². The van der Waals surface area contributed by atoms with Gasteiger partial charge in [0.1, 0.15) is 0 Å². The number of hydrogen-bond acceptors (Lipinski definition) is 5. The predicted octanol–water partition coefficient (Wildman–Crippen LogP) is 1.33. The van der Waals surface area contributed by atoms with Crippen LogP contribution in [0.15, 0.2) is 23.2 Å². The normalized spacial score (nSPS) is 17.8. The molecule has 0 saturated carbocycles. The summed E-state index contributed by atoms with van der Waals surface area (Å²) < 4.78 is 51.3. The van der Waals surface area contributed by atoms with Gasteiger partial charge in [0, 0.05) is 40.3 Å². The molecule has 1 aromatic rings. The molecule has 1 heterocycles. The van der Waals surface area contributed by atoms with E-state index in [9.17, 15) is 12.8 Å². The van der Waals surface area contributed by atoms with Crippen LogP contribution < -0.4 is 14.8 Å². The minimum absolute atomic E-state index is 0.0460. The van der Waals surface area contributed by atoms with Crippen LogP contribution in [-0.2, 0) is 21.3 Å². The highest BCUT2D eigenvalue weighted by molar-refractivity contribution is 7.89. The maximum Gasteiger partial charge on any atom is 0.213 e. The molecule has 0 amide bonds. The summed E-state index contributed by atoms with van der Waals surface area (Å²) >= 11 is 0. The second-order valence-corrected chi connectivity index (χ2v) is 8.88. The van der Waals surface area contributed by atoms with E-state index in [0.29, 0.717) is 25.7 Å². The van der Waals surface area contributed by atoms with Crippen molar-refractivity contribution in [3.63, 3.8) is 0 Å². The highest BCUT2D eigenvalue weighted by Gasteiger charge is 2.18. The zero-order chi connectivity index (χ0) is 21.3. The van der Waals surface area contributed by atoms with E-state index in [1.165, 1.54) is 13.2 Å². The Labute approximate surface area is 172 Å². The fourth-order valence-electron chi connectivity index (χ4n) is 3.10. The van der Waals surface area contributed by atoms with Crippen molar-refractivity contribution in [2.75, 3.05) is 46.7 Å². The molecule has 2 rings (SSSR count). The third-order valence-electron chi connectivity index (χ3n) is 4.67. The van der Waals surface area contributed by atoms with Gasteiger partial charge in [-0.1, -0.05) is 6.07 Å². The first kappa shape index (κ1) is 23.4. The van der Waals surface area contributed by atoms with Crippen LogP contribution in [0.5, 0.6) is 5.75 Å². The van der Waals surface area contributed by atoms with Crippen molar-refractivity contribution < 1.29 is 22.3 Å². The number of halogens is 1. The molecule has 0 spiro atoms. The lowest BCUT2D eigenvalue weighted by Gasteiger charge is -2.23. The van der Waals surface area contributed by atoms with Crippen LogP contribution in [0.2, 0.25) is 0 Å². The molecule has 164 valence electrons. The molecular weight excluding hydrogens is 399 g/mol. The van der Waals surface area contributed by atoms with Crippen molar-refractivity contribution in [2.24, 2.45) is 4.99 Å². The number of nitrogens with zero attached hydrogens (tertiary/aromatic N) is 2. The van der Waals surface area contributed by atoms with E-state index in [0.717, 1.165) is 24.8 Å². The smallest absolute Gasteiger partial charge is 0.213 e. The van der Waals surface area contributed by atoms with Gasteiger partial charge in [-0.2, -0.15) is 0 Å². The van der Waals surface area contributed by atoms with E-state index in [-0.39, 0.29) is 24.2 Å². The molecule has 10 heteroatoms. The fourth-order valence-corrected chi connectivity index (χ4v) is 4.05. The second-order valence-electron chi connectivity index (χ2n) is 6.95. The highest BCUT2D eigenvalue weighted by atomic mass is 32.2. The van der Waals surface area contributed by atoms with E-state index < -0.39 is 15.8 Å². The van der Waals surface area contributed by atoms with E-state index in [1.54, 1.807) is 31.1 Å². The van der Waals surface area contributed by atoms with Crippen molar-refractivity contribution in [1.82, 2.24) is 14.9 Å². The summed E-state index contributed by atoms with van der Waals surface area (Å²) in [4.78, 5) is 5.95. The van der Waals surface area contributed by atoms with Crippen LogP contribution >= 0.6 is 0 Å². The molecular formula is C19H31FN4O4S. The maximum absolute atomic E-state index is 13.9. The van der Waals surface area contributed by atoms with E-state index in [2.05, 4.69) is 15.0 Å². The Morgan fingerprint density at radius 1 is 1.41 bits per heavy atom. The van der Waals surface area contributed by atoms with E-state index >= 15 is 0 Å². The van der Waals surface area contributed by atoms with Crippen LogP contribution in [0.25, 0.3) is 0 Å². The number of aliphatic imine (C=N–C) groups is 1. The zero-order valence-corrected chi connectivity index (χ0v) is 18.1. The predicted molar refractivity (Wildman–Crippen MR) is 111 cm³/mol. The second kappa shape index (κ2) is 11.3. The number of ether oxygens (including phenoxy) is 2. The van der Waals surface area contributed by atoms with Gasteiger partial charge in [0.25, 0.3) is 0 Å². The lowest BCUT2D eigenvalue weighted by molar-refractivity contribution is 0.0200. The molecule has 0 bridgehead atoms. The molecule has 0 aromatic heterocycles. The first-order valence-electron chi connectivity index (χ1n) is 9.67. The monoisotopic (exact) mass is 430 g/mol. The summed E-state index contributed by atoms with van der Waals surface area (Å²) in [5.41, 5.74) is 0.746. The molecule has 1 saturated heterocycles. The van der Waals surface area contributed by atoms with Gasteiger partial charge in [-0.3, -0.25) is 4.99 Å². The minimum Gasteiger partial charge on any atom is -0.494 e. The maximum atomic E-state index is 13.9. The highest BCUT2D eigenvalue weighted by Crippen LogP contribution is 2.18.